The first-order chi connectivity index (χ1) is 10.2. The zero-order valence-corrected chi connectivity index (χ0v) is 12.6. The molecule has 1 aromatic carbocycles. The summed E-state index contributed by atoms with van der Waals surface area (Å²) in [6, 6.07) is 8.03. The molecule has 1 aromatic rings. The molecular weight excluding hydrogens is 286 g/mol. The fraction of sp³-hybridized carbons (Fsp3) is 0.500. The van der Waals surface area contributed by atoms with Crippen LogP contribution < -0.4 is 10.2 Å². The van der Waals surface area contributed by atoms with E-state index in [4.69, 9.17) is 11.6 Å². The van der Waals surface area contributed by atoms with E-state index < -0.39 is 0 Å². The summed E-state index contributed by atoms with van der Waals surface area (Å²) >= 11 is 5.93. The first-order valence-corrected chi connectivity index (χ1v) is 7.80. The number of carbonyl (C=O) groups is 1. The number of benzene rings is 1. The summed E-state index contributed by atoms with van der Waals surface area (Å²) in [5, 5.41) is 12.9. The van der Waals surface area contributed by atoms with Crippen LogP contribution in [0.4, 0.5) is 5.69 Å². The predicted octanol–water partition coefficient (Wildman–Crippen LogP) is 2.71. The third-order valence-corrected chi connectivity index (χ3v) is 4.44. The molecule has 1 aliphatic heterocycles. The van der Waals surface area contributed by atoms with Gasteiger partial charge >= 0.3 is 0 Å². The first kappa shape index (κ1) is 14.2. The van der Waals surface area contributed by atoms with Crippen LogP contribution in [0.3, 0.4) is 0 Å². The molecule has 0 bridgehead atoms. The van der Waals surface area contributed by atoms with E-state index in [9.17, 15) is 10.1 Å². The Morgan fingerprint density at radius 1 is 1.29 bits per heavy atom. The normalized spacial score (nSPS) is 19.1. The Balaban J connectivity index is 1.63. The monoisotopic (exact) mass is 303 g/mol. The van der Waals surface area contributed by atoms with Crippen molar-refractivity contribution in [3.05, 3.63) is 28.8 Å². The second-order valence-corrected chi connectivity index (χ2v) is 6.25. The lowest BCUT2D eigenvalue weighted by Crippen LogP contribution is -2.41. The highest BCUT2D eigenvalue weighted by atomic mass is 35.5. The number of rotatable bonds is 3. The lowest BCUT2D eigenvalue weighted by molar-refractivity contribution is -0.125. The standard InChI is InChI=1S/C16H18ClN3O/c17-13-1-4-15(12(9-13)10-18)20-7-5-11(6-8-20)16(21)19-14-2-3-14/h1,4,9,11,14H,2-3,5-8H2,(H,19,21). The molecule has 0 spiro atoms. The van der Waals surface area contributed by atoms with E-state index in [-0.39, 0.29) is 11.8 Å². The minimum Gasteiger partial charge on any atom is -0.370 e. The molecule has 0 atom stereocenters. The van der Waals surface area contributed by atoms with Gasteiger partial charge in [0.15, 0.2) is 0 Å². The Morgan fingerprint density at radius 3 is 2.62 bits per heavy atom. The number of piperidine rings is 1. The van der Waals surface area contributed by atoms with Gasteiger partial charge in [0.2, 0.25) is 5.91 Å². The molecule has 1 saturated heterocycles. The molecule has 1 amide bonds. The van der Waals surface area contributed by atoms with Gasteiger partial charge < -0.3 is 10.2 Å². The molecule has 2 aliphatic rings. The van der Waals surface area contributed by atoms with Crippen LogP contribution in [0, 0.1) is 17.2 Å². The third kappa shape index (κ3) is 3.30. The number of hydrogen-bond donors (Lipinski definition) is 1. The molecule has 0 radical (unpaired) electrons. The van der Waals surface area contributed by atoms with E-state index in [1.54, 1.807) is 6.07 Å². The SMILES string of the molecule is N#Cc1cc(Cl)ccc1N1CCC(C(=O)NC2CC2)CC1. The topological polar surface area (TPSA) is 56.1 Å². The Morgan fingerprint density at radius 2 is 2.00 bits per heavy atom. The molecule has 4 nitrogen and oxygen atoms in total. The van der Waals surface area contributed by atoms with Gasteiger partial charge in [0.1, 0.15) is 6.07 Å². The number of carbonyl (C=O) groups excluding carboxylic acids is 1. The van der Waals surface area contributed by atoms with Gasteiger partial charge in [-0.25, -0.2) is 0 Å². The summed E-state index contributed by atoms with van der Waals surface area (Å²) in [5.41, 5.74) is 1.52. The van der Waals surface area contributed by atoms with E-state index in [2.05, 4.69) is 16.3 Å². The fourth-order valence-electron chi connectivity index (χ4n) is 2.80. The smallest absolute Gasteiger partial charge is 0.223 e. The molecule has 3 rings (SSSR count). The van der Waals surface area contributed by atoms with E-state index in [0.29, 0.717) is 16.6 Å². The van der Waals surface area contributed by atoms with Crippen molar-refractivity contribution in [1.82, 2.24) is 5.32 Å². The molecule has 1 N–H and O–H groups in total. The molecule has 2 fully saturated rings. The van der Waals surface area contributed by atoms with Crippen molar-refractivity contribution in [2.45, 2.75) is 31.7 Å². The van der Waals surface area contributed by atoms with Crippen molar-refractivity contribution in [3.8, 4) is 6.07 Å². The van der Waals surface area contributed by atoms with Crippen LogP contribution in [0.1, 0.15) is 31.2 Å². The lowest BCUT2D eigenvalue weighted by Gasteiger charge is -2.33. The summed E-state index contributed by atoms with van der Waals surface area (Å²) in [4.78, 5) is 14.2. The van der Waals surface area contributed by atoms with Crippen LogP contribution in [0.25, 0.3) is 0 Å². The van der Waals surface area contributed by atoms with E-state index >= 15 is 0 Å². The molecule has 0 unspecified atom stereocenters. The van der Waals surface area contributed by atoms with Crippen LogP contribution in [0.5, 0.6) is 0 Å². The number of hydrogen-bond acceptors (Lipinski definition) is 3. The van der Waals surface area contributed by atoms with Gasteiger partial charge in [0.05, 0.1) is 11.3 Å². The summed E-state index contributed by atoms with van der Waals surface area (Å²) in [6.45, 7) is 1.61. The average molecular weight is 304 g/mol. The summed E-state index contributed by atoms with van der Waals surface area (Å²) in [5.74, 6) is 0.313. The Bertz CT molecular complexity index is 584. The quantitative estimate of drug-likeness (QED) is 0.934. The van der Waals surface area contributed by atoms with Crippen LogP contribution >= 0.6 is 11.6 Å². The van der Waals surface area contributed by atoms with Crippen molar-refractivity contribution >= 4 is 23.2 Å². The summed E-state index contributed by atoms with van der Waals surface area (Å²) < 4.78 is 0. The maximum atomic E-state index is 12.1. The van der Waals surface area contributed by atoms with Crippen molar-refractivity contribution < 1.29 is 4.79 Å². The number of halogens is 1. The van der Waals surface area contributed by atoms with Crippen molar-refractivity contribution in [1.29, 1.82) is 5.26 Å². The predicted molar refractivity (Wildman–Crippen MR) is 82.3 cm³/mol. The number of nitrogens with zero attached hydrogens (tertiary/aromatic N) is 2. The summed E-state index contributed by atoms with van der Waals surface area (Å²) in [6.07, 6.45) is 3.93. The van der Waals surface area contributed by atoms with Gasteiger partial charge in [-0.2, -0.15) is 5.26 Å². The van der Waals surface area contributed by atoms with Crippen molar-refractivity contribution in [2.75, 3.05) is 18.0 Å². The fourth-order valence-corrected chi connectivity index (χ4v) is 2.97. The lowest BCUT2D eigenvalue weighted by atomic mass is 9.95. The van der Waals surface area contributed by atoms with Gasteiger partial charge in [-0.3, -0.25) is 4.79 Å². The Labute approximate surface area is 129 Å². The van der Waals surface area contributed by atoms with Crippen LogP contribution in [0.15, 0.2) is 18.2 Å². The second-order valence-electron chi connectivity index (χ2n) is 5.82. The first-order valence-electron chi connectivity index (χ1n) is 7.42. The number of anilines is 1. The van der Waals surface area contributed by atoms with Gasteiger partial charge in [0.25, 0.3) is 0 Å². The zero-order valence-electron chi connectivity index (χ0n) is 11.8. The molecule has 0 aromatic heterocycles. The number of nitriles is 1. The van der Waals surface area contributed by atoms with Gasteiger partial charge in [-0.1, -0.05) is 11.6 Å². The Hall–Kier alpha value is -1.73. The van der Waals surface area contributed by atoms with Gasteiger partial charge in [-0.05, 0) is 43.9 Å². The van der Waals surface area contributed by atoms with Crippen LogP contribution in [0.2, 0.25) is 5.02 Å². The van der Waals surface area contributed by atoms with E-state index in [0.717, 1.165) is 44.5 Å². The maximum Gasteiger partial charge on any atom is 0.223 e. The molecular formula is C16H18ClN3O. The Kier molecular flexibility index (Phi) is 4.03. The minimum atomic E-state index is 0.111. The summed E-state index contributed by atoms with van der Waals surface area (Å²) in [7, 11) is 0. The van der Waals surface area contributed by atoms with Crippen LogP contribution in [-0.2, 0) is 4.79 Å². The highest BCUT2D eigenvalue weighted by Crippen LogP contribution is 2.29. The molecule has 21 heavy (non-hydrogen) atoms. The van der Waals surface area contributed by atoms with Gasteiger partial charge in [-0.15, -0.1) is 0 Å². The van der Waals surface area contributed by atoms with Crippen molar-refractivity contribution in [3.63, 3.8) is 0 Å². The van der Waals surface area contributed by atoms with Crippen molar-refractivity contribution in [2.24, 2.45) is 5.92 Å². The average Bonchev–Trinajstić information content (AvgIpc) is 3.31. The molecule has 110 valence electrons. The molecule has 5 heteroatoms. The minimum absolute atomic E-state index is 0.111. The third-order valence-electron chi connectivity index (χ3n) is 4.21. The molecule has 1 heterocycles. The highest BCUT2D eigenvalue weighted by molar-refractivity contribution is 6.30. The van der Waals surface area contributed by atoms with E-state index in [1.807, 2.05) is 12.1 Å². The van der Waals surface area contributed by atoms with Crippen LogP contribution in [-0.4, -0.2) is 25.0 Å². The zero-order chi connectivity index (χ0) is 14.8. The largest absolute Gasteiger partial charge is 0.370 e. The van der Waals surface area contributed by atoms with E-state index in [1.165, 1.54) is 0 Å². The second kappa shape index (κ2) is 5.95. The number of amides is 1. The molecule has 1 aliphatic carbocycles. The maximum absolute atomic E-state index is 12.1. The highest BCUT2D eigenvalue weighted by Gasteiger charge is 2.30. The molecule has 1 saturated carbocycles. The van der Waals surface area contributed by atoms with Gasteiger partial charge in [0, 0.05) is 30.1 Å². The number of nitrogens with one attached hydrogen (secondary N) is 1.